The molecule has 0 amide bonds. The van der Waals surface area contributed by atoms with Crippen LogP contribution in [0.3, 0.4) is 0 Å². The van der Waals surface area contributed by atoms with Crippen LogP contribution in [0.2, 0.25) is 0 Å². The summed E-state index contributed by atoms with van der Waals surface area (Å²) in [4.78, 5) is 12.7. The summed E-state index contributed by atoms with van der Waals surface area (Å²) >= 11 is 0. The number of allylic oxidation sites excluding steroid dienone is 2. The molecule has 0 aromatic heterocycles. The van der Waals surface area contributed by atoms with Gasteiger partial charge in [-0.15, -0.1) is 0 Å². The molecule has 0 N–H and O–H groups in total. The molecule has 1 saturated carbocycles. The molecule has 1 heteroatoms. The molecule has 2 aromatic rings. The second-order valence-corrected chi connectivity index (χ2v) is 6.00. The van der Waals surface area contributed by atoms with Gasteiger partial charge in [0.05, 0.1) is 0 Å². The Hall–Kier alpha value is -2.41. The molecule has 0 spiro atoms. The van der Waals surface area contributed by atoms with E-state index < -0.39 is 0 Å². The van der Waals surface area contributed by atoms with Crippen LogP contribution in [0.15, 0.2) is 71.8 Å². The molecule has 1 aliphatic carbocycles. The van der Waals surface area contributed by atoms with Crippen molar-refractivity contribution in [3.8, 4) is 0 Å². The van der Waals surface area contributed by atoms with Crippen molar-refractivity contribution >= 4 is 17.9 Å². The highest BCUT2D eigenvalue weighted by molar-refractivity contribution is 6.14. The smallest absolute Gasteiger partial charge is 0.185 e. The fourth-order valence-electron chi connectivity index (χ4n) is 2.96. The van der Waals surface area contributed by atoms with Crippen molar-refractivity contribution in [1.82, 2.24) is 0 Å². The summed E-state index contributed by atoms with van der Waals surface area (Å²) in [6, 6.07) is 20.2. The monoisotopic (exact) mass is 288 g/mol. The zero-order chi connectivity index (χ0) is 15.4. The third-order valence-electron chi connectivity index (χ3n) is 4.00. The molecule has 1 aliphatic rings. The van der Waals surface area contributed by atoms with Crippen LogP contribution in [0.4, 0.5) is 0 Å². The van der Waals surface area contributed by atoms with E-state index in [2.05, 4.69) is 6.92 Å². The van der Waals surface area contributed by atoms with Crippen molar-refractivity contribution in [2.75, 3.05) is 0 Å². The molecule has 0 unspecified atom stereocenters. The van der Waals surface area contributed by atoms with Crippen LogP contribution >= 0.6 is 0 Å². The van der Waals surface area contributed by atoms with Gasteiger partial charge in [0.25, 0.3) is 0 Å². The summed E-state index contributed by atoms with van der Waals surface area (Å²) in [7, 11) is 0. The van der Waals surface area contributed by atoms with Crippen LogP contribution in [0.5, 0.6) is 0 Å². The van der Waals surface area contributed by atoms with Gasteiger partial charge in [-0.25, -0.2) is 0 Å². The van der Waals surface area contributed by atoms with Crippen LogP contribution in [0, 0.1) is 5.92 Å². The fourth-order valence-corrected chi connectivity index (χ4v) is 2.96. The van der Waals surface area contributed by atoms with Gasteiger partial charge in [-0.05, 0) is 42.0 Å². The molecule has 0 heterocycles. The molecule has 1 nitrogen and oxygen atoms in total. The van der Waals surface area contributed by atoms with Crippen molar-refractivity contribution in [3.63, 3.8) is 0 Å². The summed E-state index contributed by atoms with van der Waals surface area (Å²) in [5.41, 5.74) is 4.04. The number of ketones is 1. The Morgan fingerprint density at radius 3 is 1.59 bits per heavy atom. The molecular formula is C21H20O. The topological polar surface area (TPSA) is 17.1 Å². The molecular weight excluding hydrogens is 268 g/mol. The van der Waals surface area contributed by atoms with Gasteiger partial charge in [0, 0.05) is 11.1 Å². The third kappa shape index (κ3) is 3.43. The molecule has 1 fully saturated rings. The highest BCUT2D eigenvalue weighted by Gasteiger charge is 2.25. The van der Waals surface area contributed by atoms with Crippen LogP contribution in [-0.2, 0) is 4.79 Å². The van der Waals surface area contributed by atoms with Gasteiger partial charge in [-0.1, -0.05) is 67.6 Å². The van der Waals surface area contributed by atoms with E-state index >= 15 is 0 Å². The number of Topliss-reactive ketones (excluding diaryl/α,β-unsaturated/α-hetero) is 1. The highest BCUT2D eigenvalue weighted by Crippen LogP contribution is 2.31. The lowest BCUT2D eigenvalue weighted by molar-refractivity contribution is -0.113. The molecule has 2 aromatic carbocycles. The average molecular weight is 288 g/mol. The summed E-state index contributed by atoms with van der Waals surface area (Å²) in [5.74, 6) is 0.702. The van der Waals surface area contributed by atoms with Gasteiger partial charge in [0.2, 0.25) is 0 Å². The molecule has 110 valence electrons. The van der Waals surface area contributed by atoms with Crippen molar-refractivity contribution < 1.29 is 4.79 Å². The number of benzene rings is 2. The van der Waals surface area contributed by atoms with Crippen LogP contribution in [-0.4, -0.2) is 5.78 Å². The number of carbonyl (C=O) groups is 1. The predicted octanol–water partition coefficient (Wildman–Crippen LogP) is 5.15. The Morgan fingerprint density at radius 1 is 0.773 bits per heavy atom. The first-order chi connectivity index (χ1) is 10.7. The van der Waals surface area contributed by atoms with Crippen LogP contribution < -0.4 is 0 Å². The molecule has 0 saturated heterocycles. The fraction of sp³-hybridized carbons (Fsp3) is 0.190. The Bertz CT molecular complexity index is 647. The van der Waals surface area contributed by atoms with Crippen LogP contribution in [0.25, 0.3) is 12.2 Å². The van der Waals surface area contributed by atoms with Gasteiger partial charge in [0.1, 0.15) is 0 Å². The lowest BCUT2D eigenvalue weighted by atomic mass is 9.81. The Balaban J connectivity index is 1.92. The average Bonchev–Trinajstić information content (AvgIpc) is 2.54. The SMILES string of the molecule is CC1C/C(=C\c2ccccc2)C(=O)/C(=C/c2ccccc2)C1. The Labute approximate surface area is 132 Å². The Morgan fingerprint density at radius 2 is 1.18 bits per heavy atom. The van der Waals surface area contributed by atoms with Gasteiger partial charge in [-0.2, -0.15) is 0 Å². The largest absolute Gasteiger partial charge is 0.289 e. The molecule has 3 rings (SSSR count). The minimum absolute atomic E-state index is 0.200. The van der Waals surface area contributed by atoms with Crippen LogP contribution in [0.1, 0.15) is 30.9 Å². The summed E-state index contributed by atoms with van der Waals surface area (Å²) in [6.07, 6.45) is 5.80. The van der Waals surface area contributed by atoms with E-state index in [-0.39, 0.29) is 5.78 Å². The molecule has 0 aliphatic heterocycles. The maximum Gasteiger partial charge on any atom is 0.185 e. The molecule has 0 radical (unpaired) electrons. The first-order valence-electron chi connectivity index (χ1n) is 7.78. The zero-order valence-electron chi connectivity index (χ0n) is 12.8. The lowest BCUT2D eigenvalue weighted by Gasteiger charge is -2.22. The second kappa shape index (κ2) is 6.57. The van der Waals surface area contributed by atoms with Gasteiger partial charge < -0.3 is 0 Å². The van der Waals surface area contributed by atoms with Crippen molar-refractivity contribution in [1.29, 1.82) is 0 Å². The third-order valence-corrected chi connectivity index (χ3v) is 4.00. The lowest BCUT2D eigenvalue weighted by Crippen LogP contribution is -2.18. The van der Waals surface area contributed by atoms with Gasteiger partial charge in [-0.3, -0.25) is 4.79 Å². The van der Waals surface area contributed by atoms with E-state index in [1.54, 1.807) is 0 Å². The molecule has 0 atom stereocenters. The quantitative estimate of drug-likeness (QED) is 0.698. The van der Waals surface area contributed by atoms with E-state index in [4.69, 9.17) is 0 Å². The normalized spacial score (nSPS) is 22.2. The van der Waals surface area contributed by atoms with Crippen molar-refractivity contribution in [3.05, 3.63) is 82.9 Å². The first-order valence-corrected chi connectivity index (χ1v) is 7.78. The van der Waals surface area contributed by atoms with Crippen molar-refractivity contribution in [2.24, 2.45) is 5.92 Å². The van der Waals surface area contributed by atoms with E-state index in [0.29, 0.717) is 5.92 Å². The van der Waals surface area contributed by atoms with E-state index in [9.17, 15) is 4.79 Å². The minimum Gasteiger partial charge on any atom is -0.289 e. The van der Waals surface area contributed by atoms with Crippen molar-refractivity contribution in [2.45, 2.75) is 19.8 Å². The highest BCUT2D eigenvalue weighted by atomic mass is 16.1. The number of rotatable bonds is 2. The number of hydrogen-bond donors (Lipinski definition) is 0. The van der Waals surface area contributed by atoms with E-state index in [1.165, 1.54) is 0 Å². The summed E-state index contributed by atoms with van der Waals surface area (Å²) in [6.45, 7) is 2.21. The maximum absolute atomic E-state index is 12.7. The number of carbonyl (C=O) groups excluding carboxylic acids is 1. The van der Waals surface area contributed by atoms with E-state index in [0.717, 1.165) is 35.1 Å². The number of hydrogen-bond acceptors (Lipinski definition) is 1. The standard InChI is InChI=1S/C21H20O/c1-16-12-19(14-17-8-4-2-5-9-17)21(22)20(13-16)15-18-10-6-3-7-11-18/h2-11,14-16H,12-13H2,1H3/b19-14+,20-15+. The Kier molecular flexibility index (Phi) is 4.34. The molecule has 22 heavy (non-hydrogen) atoms. The summed E-state index contributed by atoms with van der Waals surface area (Å²) < 4.78 is 0. The zero-order valence-corrected chi connectivity index (χ0v) is 12.8. The van der Waals surface area contributed by atoms with Gasteiger partial charge in [0.15, 0.2) is 5.78 Å². The first kappa shape index (κ1) is 14.5. The van der Waals surface area contributed by atoms with E-state index in [1.807, 2.05) is 72.8 Å². The van der Waals surface area contributed by atoms with Gasteiger partial charge >= 0.3 is 0 Å². The summed E-state index contributed by atoms with van der Waals surface area (Å²) in [5, 5.41) is 0. The molecule has 0 bridgehead atoms. The predicted molar refractivity (Wildman–Crippen MR) is 92.2 cm³/mol. The second-order valence-electron chi connectivity index (χ2n) is 6.00. The minimum atomic E-state index is 0.200. The maximum atomic E-state index is 12.7.